The van der Waals surface area contributed by atoms with E-state index in [1.165, 1.54) is 6.92 Å². The Kier molecular flexibility index (Phi) is 6.50. The highest BCUT2D eigenvalue weighted by atomic mass is 16.4. The average Bonchev–Trinajstić information content (AvgIpc) is 3.35. The second-order valence-electron chi connectivity index (χ2n) is 7.34. The van der Waals surface area contributed by atoms with Gasteiger partial charge in [0.2, 0.25) is 11.8 Å². The lowest BCUT2D eigenvalue weighted by atomic mass is 10.0. The number of hydrogen-bond donors (Lipinski definition) is 6. The third-order valence-corrected chi connectivity index (χ3v) is 5.15. The topological polar surface area (TPSA) is 144 Å². The number of H-pyrrole nitrogens is 1. The van der Waals surface area contributed by atoms with Gasteiger partial charge in [-0.3, -0.25) is 9.59 Å². The van der Waals surface area contributed by atoms with Gasteiger partial charge in [0.15, 0.2) is 0 Å². The number of para-hydroxylation sites is 1. The van der Waals surface area contributed by atoms with Gasteiger partial charge in [-0.05, 0) is 37.9 Å². The maximum Gasteiger partial charge on any atom is 0.326 e. The predicted molar refractivity (Wildman–Crippen MR) is 106 cm³/mol. The highest BCUT2D eigenvalue weighted by molar-refractivity contribution is 5.92. The van der Waals surface area contributed by atoms with E-state index in [0.29, 0.717) is 6.42 Å². The number of aliphatic carboxylic acids is 1. The van der Waals surface area contributed by atoms with Crippen LogP contribution in [0.15, 0.2) is 30.5 Å². The Bertz CT molecular complexity index is 888. The number of nitrogens with one attached hydrogen (secondary N) is 4. The molecular weight excluding hydrogens is 376 g/mol. The van der Waals surface area contributed by atoms with Gasteiger partial charge < -0.3 is 31.1 Å². The first-order chi connectivity index (χ1) is 13.9. The number of aliphatic hydroxyl groups excluding tert-OH is 1. The molecule has 1 fully saturated rings. The van der Waals surface area contributed by atoms with Gasteiger partial charge in [-0.15, -0.1) is 0 Å². The van der Waals surface area contributed by atoms with Gasteiger partial charge in [-0.25, -0.2) is 4.79 Å². The number of rotatable bonds is 8. The zero-order valence-corrected chi connectivity index (χ0v) is 16.1. The number of carbonyl (C=O) groups is 3. The van der Waals surface area contributed by atoms with Crippen LogP contribution in [0.4, 0.5) is 0 Å². The molecule has 0 aliphatic carbocycles. The fourth-order valence-electron chi connectivity index (χ4n) is 3.55. The molecule has 0 bridgehead atoms. The number of carboxylic acids is 1. The number of fused-ring (bicyclic) bond motifs is 1. The van der Waals surface area contributed by atoms with Gasteiger partial charge >= 0.3 is 5.97 Å². The summed E-state index contributed by atoms with van der Waals surface area (Å²) in [5.74, 6) is -2.32. The molecule has 1 aromatic carbocycles. The summed E-state index contributed by atoms with van der Waals surface area (Å²) in [4.78, 5) is 39.8. The Morgan fingerprint density at radius 1 is 1.24 bits per heavy atom. The molecule has 1 aromatic heterocycles. The van der Waals surface area contributed by atoms with Crippen molar-refractivity contribution < 1.29 is 24.6 Å². The summed E-state index contributed by atoms with van der Waals surface area (Å²) in [5, 5.41) is 28.4. The molecule has 1 saturated heterocycles. The van der Waals surface area contributed by atoms with Gasteiger partial charge in [-0.2, -0.15) is 0 Å². The molecule has 1 aliphatic heterocycles. The maximum atomic E-state index is 12.7. The summed E-state index contributed by atoms with van der Waals surface area (Å²) in [5.41, 5.74) is 1.62. The normalized spacial score (nSPS) is 19.4. The van der Waals surface area contributed by atoms with Crippen LogP contribution in [0.1, 0.15) is 25.3 Å². The molecule has 6 N–H and O–H groups in total. The van der Waals surface area contributed by atoms with Crippen LogP contribution >= 0.6 is 0 Å². The third-order valence-electron chi connectivity index (χ3n) is 5.15. The van der Waals surface area contributed by atoms with Crippen molar-refractivity contribution >= 4 is 28.7 Å². The molecule has 2 aromatic rings. The minimum atomic E-state index is -1.24. The summed E-state index contributed by atoms with van der Waals surface area (Å²) in [6, 6.07) is 4.61. The Labute approximate surface area is 167 Å². The van der Waals surface area contributed by atoms with Crippen LogP contribution in [0, 0.1) is 0 Å². The molecule has 2 heterocycles. The lowest BCUT2D eigenvalue weighted by Crippen LogP contribution is -2.58. The minimum Gasteiger partial charge on any atom is -0.480 e. The molecule has 9 heteroatoms. The number of aliphatic hydroxyl groups is 1. The van der Waals surface area contributed by atoms with Gasteiger partial charge in [0.05, 0.1) is 12.1 Å². The number of benzene rings is 1. The van der Waals surface area contributed by atoms with E-state index < -0.39 is 36.1 Å². The molecule has 1 aliphatic rings. The molecule has 0 saturated carbocycles. The van der Waals surface area contributed by atoms with Crippen molar-refractivity contribution in [3.63, 3.8) is 0 Å². The van der Waals surface area contributed by atoms with Crippen molar-refractivity contribution in [3.8, 4) is 0 Å². The number of aromatic nitrogens is 1. The van der Waals surface area contributed by atoms with E-state index in [2.05, 4.69) is 20.9 Å². The molecule has 3 rings (SSSR count). The van der Waals surface area contributed by atoms with Crippen LogP contribution in [-0.2, 0) is 20.8 Å². The van der Waals surface area contributed by atoms with Crippen LogP contribution < -0.4 is 16.0 Å². The molecule has 156 valence electrons. The lowest BCUT2D eigenvalue weighted by molar-refractivity contribution is -0.142. The number of carbonyl (C=O) groups excluding carboxylic acids is 2. The molecule has 29 heavy (non-hydrogen) atoms. The van der Waals surface area contributed by atoms with Crippen LogP contribution in [0.5, 0.6) is 0 Å². The Balaban J connectivity index is 1.69. The van der Waals surface area contributed by atoms with Gasteiger partial charge in [0.25, 0.3) is 0 Å². The predicted octanol–water partition coefficient (Wildman–Crippen LogP) is -0.103. The van der Waals surface area contributed by atoms with Crippen LogP contribution in [0.25, 0.3) is 10.9 Å². The molecule has 4 atom stereocenters. The minimum absolute atomic E-state index is 0.0652. The first-order valence-corrected chi connectivity index (χ1v) is 9.67. The van der Waals surface area contributed by atoms with Gasteiger partial charge in [0, 0.05) is 23.5 Å². The molecular formula is C20H26N4O5. The summed E-state index contributed by atoms with van der Waals surface area (Å²) >= 11 is 0. The number of aromatic amines is 1. The molecule has 0 radical (unpaired) electrons. The average molecular weight is 402 g/mol. The first kappa shape index (κ1) is 20.8. The van der Waals surface area contributed by atoms with E-state index in [1.54, 1.807) is 6.20 Å². The summed E-state index contributed by atoms with van der Waals surface area (Å²) < 4.78 is 0. The zero-order valence-electron chi connectivity index (χ0n) is 16.1. The molecule has 2 amide bonds. The summed E-state index contributed by atoms with van der Waals surface area (Å²) in [7, 11) is 0. The number of amides is 2. The third kappa shape index (κ3) is 4.93. The Hall–Kier alpha value is -2.91. The number of carboxylic acid groups (broad SMARTS) is 1. The van der Waals surface area contributed by atoms with Crippen LogP contribution in [-0.4, -0.2) is 63.8 Å². The second kappa shape index (κ2) is 9.06. The fraction of sp³-hybridized carbons (Fsp3) is 0.450. The smallest absolute Gasteiger partial charge is 0.326 e. The molecule has 9 nitrogen and oxygen atoms in total. The van der Waals surface area contributed by atoms with E-state index in [9.17, 15) is 24.6 Å². The van der Waals surface area contributed by atoms with E-state index in [0.717, 1.165) is 29.4 Å². The zero-order chi connectivity index (χ0) is 21.0. The Morgan fingerprint density at radius 2 is 2.00 bits per heavy atom. The quantitative estimate of drug-likeness (QED) is 0.364. The van der Waals surface area contributed by atoms with Crippen molar-refractivity contribution in [2.75, 3.05) is 6.54 Å². The Morgan fingerprint density at radius 3 is 2.66 bits per heavy atom. The maximum absolute atomic E-state index is 12.7. The molecule has 0 unspecified atom stereocenters. The monoisotopic (exact) mass is 402 g/mol. The van der Waals surface area contributed by atoms with E-state index >= 15 is 0 Å². The largest absolute Gasteiger partial charge is 0.480 e. The SMILES string of the molecule is C[C@@H](O)[C@H](NC(=O)[C@@H]1CCCN1)C(=O)N[C@@H](Cc1c[nH]c2ccccc12)C(=O)O. The first-order valence-electron chi connectivity index (χ1n) is 9.67. The van der Waals surface area contributed by atoms with E-state index in [4.69, 9.17) is 0 Å². The van der Waals surface area contributed by atoms with Gasteiger partial charge in [-0.1, -0.05) is 18.2 Å². The van der Waals surface area contributed by atoms with Crippen molar-refractivity contribution in [1.82, 2.24) is 20.9 Å². The summed E-state index contributed by atoms with van der Waals surface area (Å²) in [6.07, 6.45) is 2.11. The lowest BCUT2D eigenvalue weighted by Gasteiger charge is -2.24. The van der Waals surface area contributed by atoms with Crippen LogP contribution in [0.2, 0.25) is 0 Å². The molecule has 0 spiro atoms. The van der Waals surface area contributed by atoms with Crippen molar-refractivity contribution in [3.05, 3.63) is 36.0 Å². The highest BCUT2D eigenvalue weighted by Gasteiger charge is 2.32. The standard InChI is InChI=1S/C20H26N4O5/c1-11(25)17(24-18(26)15-7-4-8-21-15)19(27)23-16(20(28)29)9-12-10-22-14-6-3-2-5-13(12)14/h2-3,5-6,10-11,15-17,21-22,25H,4,7-9H2,1H3,(H,23,27)(H,24,26)(H,28,29)/t11-,15+,16+,17+/m1/s1. The van der Waals surface area contributed by atoms with Crippen molar-refractivity contribution in [2.45, 2.75) is 50.4 Å². The van der Waals surface area contributed by atoms with Gasteiger partial charge in [0.1, 0.15) is 12.1 Å². The van der Waals surface area contributed by atoms with Crippen molar-refractivity contribution in [2.24, 2.45) is 0 Å². The second-order valence-corrected chi connectivity index (χ2v) is 7.34. The summed E-state index contributed by atoms with van der Waals surface area (Å²) in [6.45, 7) is 2.09. The van der Waals surface area contributed by atoms with Crippen molar-refractivity contribution in [1.29, 1.82) is 0 Å². The highest BCUT2D eigenvalue weighted by Crippen LogP contribution is 2.19. The van der Waals surface area contributed by atoms with E-state index in [-0.39, 0.29) is 12.3 Å². The number of hydrogen-bond acceptors (Lipinski definition) is 5. The fourth-order valence-corrected chi connectivity index (χ4v) is 3.55. The van der Waals surface area contributed by atoms with E-state index in [1.807, 2.05) is 24.3 Å². The van der Waals surface area contributed by atoms with Crippen LogP contribution in [0.3, 0.4) is 0 Å².